The second-order valence-corrected chi connectivity index (χ2v) is 4.88. The Morgan fingerprint density at radius 1 is 1.24 bits per heavy atom. The highest BCUT2D eigenvalue weighted by Gasteiger charge is 2.23. The normalized spacial score (nSPS) is 14.2. The number of hydrogen-bond acceptors (Lipinski definition) is 8. The van der Waals surface area contributed by atoms with Crippen molar-refractivity contribution in [3.05, 3.63) is 47.7 Å². The van der Waals surface area contributed by atoms with E-state index in [1.807, 2.05) is 0 Å². The molecular weight excluding hydrogens is 331 g/mol. The third-order valence-electron chi connectivity index (χ3n) is 3.23. The zero-order valence-corrected chi connectivity index (χ0v) is 13.6. The zero-order valence-electron chi connectivity index (χ0n) is 13.6. The van der Waals surface area contributed by atoms with Gasteiger partial charge in [-0.05, 0) is 24.2 Å². The van der Waals surface area contributed by atoms with Gasteiger partial charge in [-0.25, -0.2) is 4.98 Å². The van der Waals surface area contributed by atoms with Crippen molar-refractivity contribution >= 4 is 11.6 Å². The van der Waals surface area contributed by atoms with Crippen LogP contribution in [-0.2, 0) is 14.4 Å². The minimum absolute atomic E-state index is 0.142. The van der Waals surface area contributed by atoms with E-state index in [1.165, 1.54) is 20.4 Å². The molecule has 0 unspecified atom stereocenters. The SMILES string of the molecule is CO/N=C(/C1=NOCCO1)c1ccccc1Oc1ncnc(C)c1F. The molecule has 1 aromatic carbocycles. The van der Waals surface area contributed by atoms with Crippen LogP contribution in [-0.4, -0.2) is 41.9 Å². The number of benzene rings is 1. The number of halogens is 1. The minimum Gasteiger partial charge on any atom is -0.470 e. The van der Waals surface area contributed by atoms with Crippen molar-refractivity contribution < 1.29 is 23.5 Å². The molecule has 0 N–H and O–H groups in total. The van der Waals surface area contributed by atoms with E-state index in [2.05, 4.69) is 20.3 Å². The van der Waals surface area contributed by atoms with Crippen LogP contribution in [0.3, 0.4) is 0 Å². The lowest BCUT2D eigenvalue weighted by atomic mass is 10.1. The number of rotatable bonds is 5. The monoisotopic (exact) mass is 346 g/mol. The van der Waals surface area contributed by atoms with Crippen molar-refractivity contribution in [1.29, 1.82) is 0 Å². The van der Waals surface area contributed by atoms with E-state index in [0.717, 1.165) is 0 Å². The molecule has 0 radical (unpaired) electrons. The standard InChI is InChI=1S/C16H15FN4O4/c1-10-13(17)15(19-9-18-10)25-12-6-4-3-5-11(12)14(20-22-2)16-21-24-8-7-23-16/h3-6,9H,7-8H2,1-2H3/b20-14+. The van der Waals surface area contributed by atoms with Crippen molar-refractivity contribution in [2.75, 3.05) is 20.3 Å². The molecule has 1 aromatic heterocycles. The molecule has 1 aliphatic rings. The molecule has 0 amide bonds. The Morgan fingerprint density at radius 3 is 2.84 bits per heavy atom. The average Bonchev–Trinajstić information content (AvgIpc) is 2.65. The Kier molecular flexibility index (Phi) is 5.03. The predicted octanol–water partition coefficient (Wildman–Crippen LogP) is 2.43. The van der Waals surface area contributed by atoms with E-state index in [1.54, 1.807) is 24.3 Å². The number of nitrogens with zero attached hydrogens (tertiary/aromatic N) is 4. The van der Waals surface area contributed by atoms with Gasteiger partial charge in [0, 0.05) is 0 Å². The van der Waals surface area contributed by atoms with Crippen LogP contribution in [0.1, 0.15) is 11.3 Å². The Hall–Kier alpha value is -3.23. The van der Waals surface area contributed by atoms with E-state index in [-0.39, 0.29) is 23.2 Å². The van der Waals surface area contributed by atoms with E-state index in [0.29, 0.717) is 24.5 Å². The Balaban J connectivity index is 2.01. The van der Waals surface area contributed by atoms with Crippen molar-refractivity contribution in [3.63, 3.8) is 0 Å². The van der Waals surface area contributed by atoms with Crippen LogP contribution < -0.4 is 4.74 Å². The number of hydrogen-bond donors (Lipinski definition) is 0. The first-order valence-corrected chi connectivity index (χ1v) is 7.39. The van der Waals surface area contributed by atoms with Crippen LogP contribution >= 0.6 is 0 Å². The van der Waals surface area contributed by atoms with Crippen molar-refractivity contribution in [3.8, 4) is 11.6 Å². The van der Waals surface area contributed by atoms with E-state index in [4.69, 9.17) is 19.1 Å². The molecule has 0 atom stereocenters. The highest BCUT2D eigenvalue weighted by Crippen LogP contribution is 2.27. The summed E-state index contributed by atoms with van der Waals surface area (Å²) in [5, 5.41) is 7.77. The molecule has 8 nitrogen and oxygen atoms in total. The molecule has 1 aliphatic heterocycles. The first-order valence-electron chi connectivity index (χ1n) is 7.39. The molecule has 9 heteroatoms. The third-order valence-corrected chi connectivity index (χ3v) is 3.23. The number of aromatic nitrogens is 2. The van der Waals surface area contributed by atoms with Gasteiger partial charge in [0.15, 0.2) is 12.3 Å². The highest BCUT2D eigenvalue weighted by atomic mass is 19.1. The molecule has 0 fully saturated rings. The number of para-hydroxylation sites is 1. The minimum atomic E-state index is -0.642. The first kappa shape index (κ1) is 16.6. The van der Waals surface area contributed by atoms with Gasteiger partial charge in [0.2, 0.25) is 5.82 Å². The molecular formula is C16H15FN4O4. The molecule has 25 heavy (non-hydrogen) atoms. The second kappa shape index (κ2) is 7.56. The Bertz CT molecular complexity index is 826. The van der Waals surface area contributed by atoms with Gasteiger partial charge in [-0.1, -0.05) is 17.3 Å². The fraction of sp³-hybridized carbons (Fsp3) is 0.250. The number of oxime groups is 2. The predicted molar refractivity (Wildman–Crippen MR) is 86.1 cm³/mol. The third kappa shape index (κ3) is 3.65. The van der Waals surface area contributed by atoms with Crippen LogP contribution in [0.15, 0.2) is 40.9 Å². The molecule has 3 rings (SSSR count). The van der Waals surface area contributed by atoms with Gasteiger partial charge in [0.1, 0.15) is 25.8 Å². The molecule has 2 aromatic rings. The van der Waals surface area contributed by atoms with Gasteiger partial charge in [0.25, 0.3) is 11.8 Å². The molecule has 0 bridgehead atoms. The highest BCUT2D eigenvalue weighted by molar-refractivity contribution is 6.45. The van der Waals surface area contributed by atoms with Crippen molar-refractivity contribution in [1.82, 2.24) is 9.97 Å². The number of ether oxygens (including phenoxy) is 2. The maximum Gasteiger partial charge on any atom is 0.280 e. The molecule has 0 saturated heterocycles. The van der Waals surface area contributed by atoms with Gasteiger partial charge in [-0.15, -0.1) is 0 Å². The molecule has 0 saturated carbocycles. The summed E-state index contributed by atoms with van der Waals surface area (Å²) in [6.07, 6.45) is 1.22. The van der Waals surface area contributed by atoms with Gasteiger partial charge >= 0.3 is 0 Å². The van der Waals surface area contributed by atoms with E-state index >= 15 is 0 Å². The average molecular weight is 346 g/mol. The Labute approximate surface area is 142 Å². The first-order chi connectivity index (χ1) is 12.2. The summed E-state index contributed by atoms with van der Waals surface area (Å²) < 4.78 is 25.2. The lowest BCUT2D eigenvalue weighted by molar-refractivity contribution is 0.0672. The number of aryl methyl sites for hydroxylation is 1. The maximum atomic E-state index is 14.1. The van der Waals surface area contributed by atoms with Crippen LogP contribution in [0, 0.1) is 12.7 Å². The lowest BCUT2D eigenvalue weighted by Crippen LogP contribution is -2.25. The Morgan fingerprint density at radius 2 is 2.08 bits per heavy atom. The van der Waals surface area contributed by atoms with Crippen LogP contribution in [0.5, 0.6) is 11.6 Å². The quantitative estimate of drug-likeness (QED) is 0.610. The van der Waals surface area contributed by atoms with E-state index < -0.39 is 5.82 Å². The van der Waals surface area contributed by atoms with Crippen LogP contribution in [0.4, 0.5) is 4.39 Å². The van der Waals surface area contributed by atoms with Gasteiger partial charge < -0.3 is 19.1 Å². The molecule has 2 heterocycles. The molecule has 0 aliphatic carbocycles. The van der Waals surface area contributed by atoms with Gasteiger partial charge in [0.05, 0.1) is 11.3 Å². The van der Waals surface area contributed by atoms with Gasteiger partial charge in [-0.3, -0.25) is 0 Å². The smallest absolute Gasteiger partial charge is 0.280 e. The van der Waals surface area contributed by atoms with Gasteiger partial charge in [-0.2, -0.15) is 9.37 Å². The second-order valence-electron chi connectivity index (χ2n) is 4.88. The summed E-state index contributed by atoms with van der Waals surface area (Å²) in [7, 11) is 1.39. The fourth-order valence-electron chi connectivity index (χ4n) is 2.08. The molecule has 0 spiro atoms. The summed E-state index contributed by atoms with van der Waals surface area (Å²) >= 11 is 0. The molecule has 130 valence electrons. The lowest BCUT2D eigenvalue weighted by Gasteiger charge is -2.16. The topological polar surface area (TPSA) is 87.4 Å². The summed E-state index contributed by atoms with van der Waals surface area (Å²) in [6, 6.07) is 6.84. The zero-order chi connectivity index (χ0) is 17.6. The summed E-state index contributed by atoms with van der Waals surface area (Å²) in [6.45, 7) is 2.19. The summed E-state index contributed by atoms with van der Waals surface area (Å²) in [4.78, 5) is 17.5. The maximum absolute atomic E-state index is 14.1. The van der Waals surface area contributed by atoms with Crippen molar-refractivity contribution in [2.24, 2.45) is 10.3 Å². The summed E-state index contributed by atoms with van der Waals surface area (Å²) in [5.74, 6) is -0.396. The fourth-order valence-corrected chi connectivity index (χ4v) is 2.08. The van der Waals surface area contributed by atoms with Crippen LogP contribution in [0.2, 0.25) is 0 Å². The van der Waals surface area contributed by atoms with Crippen LogP contribution in [0.25, 0.3) is 0 Å². The summed E-state index contributed by atoms with van der Waals surface area (Å²) in [5.41, 5.74) is 0.912. The van der Waals surface area contributed by atoms with E-state index in [9.17, 15) is 4.39 Å². The van der Waals surface area contributed by atoms with Crippen molar-refractivity contribution in [2.45, 2.75) is 6.92 Å². The largest absolute Gasteiger partial charge is 0.470 e.